The number of allylic oxidation sites excluding steroid dienone is 1. The molecule has 0 aromatic heterocycles. The summed E-state index contributed by atoms with van der Waals surface area (Å²) in [7, 11) is 0. The smallest absolute Gasteiger partial charge is 0.0726 e. The van der Waals surface area contributed by atoms with Crippen LogP contribution in [0.15, 0.2) is 11.6 Å². The molecule has 2 rings (SSSR count). The molecule has 0 heterocycles. The van der Waals surface area contributed by atoms with E-state index in [0.717, 1.165) is 24.7 Å². The van der Waals surface area contributed by atoms with Crippen LogP contribution in [0.4, 0.5) is 0 Å². The van der Waals surface area contributed by atoms with Gasteiger partial charge in [0.1, 0.15) is 0 Å². The van der Waals surface area contributed by atoms with E-state index in [2.05, 4.69) is 13.0 Å². The molecule has 0 amide bonds. The zero-order valence-electron chi connectivity index (χ0n) is 9.21. The van der Waals surface area contributed by atoms with Gasteiger partial charge in [0.2, 0.25) is 0 Å². The highest BCUT2D eigenvalue weighted by Gasteiger charge is 2.26. The maximum absolute atomic E-state index is 9.48. The summed E-state index contributed by atoms with van der Waals surface area (Å²) in [4.78, 5) is 0. The Kier molecular flexibility index (Phi) is 3.27. The minimum atomic E-state index is -0.132. The molecule has 2 aliphatic rings. The standard InChI is InChI=1S/C13H22O/c1-2-10-4-3-5-11(8-10)12-6-7-13(14)9-12/h9-11,13-14H,2-8H2,1H3. The molecule has 0 aromatic carbocycles. The van der Waals surface area contributed by atoms with Crippen molar-refractivity contribution in [2.45, 2.75) is 58.0 Å². The normalized spacial score (nSPS) is 38.4. The van der Waals surface area contributed by atoms with E-state index in [1.165, 1.54) is 32.1 Å². The molecule has 3 unspecified atom stereocenters. The Morgan fingerprint density at radius 2 is 2.21 bits per heavy atom. The summed E-state index contributed by atoms with van der Waals surface area (Å²) in [6.07, 6.45) is 11.1. The molecule has 2 aliphatic carbocycles. The van der Waals surface area contributed by atoms with Crippen molar-refractivity contribution < 1.29 is 5.11 Å². The van der Waals surface area contributed by atoms with Gasteiger partial charge in [-0.2, -0.15) is 0 Å². The van der Waals surface area contributed by atoms with E-state index in [1.807, 2.05) is 0 Å². The van der Waals surface area contributed by atoms with Crippen LogP contribution < -0.4 is 0 Å². The average Bonchev–Trinajstić information content (AvgIpc) is 2.65. The average molecular weight is 194 g/mol. The molecule has 0 radical (unpaired) electrons. The quantitative estimate of drug-likeness (QED) is 0.669. The summed E-state index contributed by atoms with van der Waals surface area (Å²) in [5, 5.41) is 9.48. The van der Waals surface area contributed by atoms with Crippen LogP contribution in [0.5, 0.6) is 0 Å². The largest absolute Gasteiger partial charge is 0.389 e. The third kappa shape index (κ3) is 2.20. The lowest BCUT2D eigenvalue weighted by molar-refractivity contribution is 0.223. The molecule has 1 N–H and O–H groups in total. The number of aliphatic hydroxyl groups excluding tert-OH is 1. The maximum atomic E-state index is 9.48. The summed E-state index contributed by atoms with van der Waals surface area (Å²) in [5.74, 6) is 1.76. The van der Waals surface area contributed by atoms with Crippen molar-refractivity contribution in [2.24, 2.45) is 11.8 Å². The first-order chi connectivity index (χ1) is 6.79. The molecule has 0 bridgehead atoms. The van der Waals surface area contributed by atoms with Gasteiger partial charge in [-0.3, -0.25) is 0 Å². The van der Waals surface area contributed by atoms with E-state index >= 15 is 0 Å². The molecule has 0 aliphatic heterocycles. The molecule has 14 heavy (non-hydrogen) atoms. The summed E-state index contributed by atoms with van der Waals surface area (Å²) in [6.45, 7) is 2.31. The lowest BCUT2D eigenvalue weighted by Crippen LogP contribution is -2.16. The molecule has 1 nitrogen and oxygen atoms in total. The van der Waals surface area contributed by atoms with Gasteiger partial charge in [-0.05, 0) is 37.5 Å². The maximum Gasteiger partial charge on any atom is 0.0726 e. The van der Waals surface area contributed by atoms with Crippen LogP contribution in [0.1, 0.15) is 51.9 Å². The molecular formula is C13H22O. The Balaban J connectivity index is 1.94. The SMILES string of the molecule is CCC1CCCC(C2=CC(O)CC2)C1. The Hall–Kier alpha value is -0.300. The third-order valence-corrected chi connectivity index (χ3v) is 4.02. The van der Waals surface area contributed by atoms with Crippen LogP contribution in [-0.4, -0.2) is 11.2 Å². The second-order valence-electron chi connectivity index (χ2n) is 4.99. The molecule has 1 heteroatoms. The summed E-state index contributed by atoms with van der Waals surface area (Å²) in [5.41, 5.74) is 1.57. The van der Waals surface area contributed by atoms with Gasteiger partial charge >= 0.3 is 0 Å². The minimum Gasteiger partial charge on any atom is -0.389 e. The Labute approximate surface area is 87.2 Å². The van der Waals surface area contributed by atoms with E-state index in [-0.39, 0.29) is 6.10 Å². The predicted molar refractivity (Wildman–Crippen MR) is 59.1 cm³/mol. The molecule has 1 fully saturated rings. The van der Waals surface area contributed by atoms with Gasteiger partial charge in [0, 0.05) is 0 Å². The van der Waals surface area contributed by atoms with Crippen LogP contribution in [0.3, 0.4) is 0 Å². The van der Waals surface area contributed by atoms with Crippen molar-refractivity contribution in [3.63, 3.8) is 0 Å². The first-order valence-corrected chi connectivity index (χ1v) is 6.18. The van der Waals surface area contributed by atoms with Crippen LogP contribution in [0, 0.1) is 11.8 Å². The molecular weight excluding hydrogens is 172 g/mol. The van der Waals surface area contributed by atoms with Gasteiger partial charge in [-0.1, -0.05) is 37.8 Å². The van der Waals surface area contributed by atoms with Gasteiger partial charge in [0.25, 0.3) is 0 Å². The van der Waals surface area contributed by atoms with Crippen LogP contribution in [-0.2, 0) is 0 Å². The van der Waals surface area contributed by atoms with Crippen molar-refractivity contribution in [1.82, 2.24) is 0 Å². The van der Waals surface area contributed by atoms with E-state index in [4.69, 9.17) is 0 Å². The van der Waals surface area contributed by atoms with E-state index in [0.29, 0.717) is 0 Å². The zero-order chi connectivity index (χ0) is 9.97. The first kappa shape index (κ1) is 10.2. The van der Waals surface area contributed by atoms with Crippen molar-refractivity contribution in [3.05, 3.63) is 11.6 Å². The van der Waals surface area contributed by atoms with Gasteiger partial charge in [0.05, 0.1) is 6.10 Å². The molecule has 0 saturated heterocycles. The van der Waals surface area contributed by atoms with Crippen LogP contribution in [0.2, 0.25) is 0 Å². The number of hydrogen-bond acceptors (Lipinski definition) is 1. The van der Waals surface area contributed by atoms with E-state index in [9.17, 15) is 5.11 Å². The topological polar surface area (TPSA) is 20.2 Å². The Bertz CT molecular complexity index is 219. The lowest BCUT2D eigenvalue weighted by atomic mass is 9.76. The monoisotopic (exact) mass is 194 g/mol. The number of aliphatic hydroxyl groups is 1. The number of rotatable bonds is 2. The summed E-state index contributed by atoms with van der Waals surface area (Å²) < 4.78 is 0. The summed E-state index contributed by atoms with van der Waals surface area (Å²) >= 11 is 0. The lowest BCUT2D eigenvalue weighted by Gasteiger charge is -2.29. The van der Waals surface area contributed by atoms with Crippen molar-refractivity contribution in [1.29, 1.82) is 0 Å². The van der Waals surface area contributed by atoms with Gasteiger partial charge < -0.3 is 5.11 Å². The van der Waals surface area contributed by atoms with Crippen LogP contribution >= 0.6 is 0 Å². The fraction of sp³-hybridized carbons (Fsp3) is 0.846. The highest BCUT2D eigenvalue weighted by molar-refractivity contribution is 5.15. The predicted octanol–water partition coefficient (Wildman–Crippen LogP) is 3.28. The van der Waals surface area contributed by atoms with Gasteiger partial charge in [-0.15, -0.1) is 0 Å². The molecule has 0 spiro atoms. The van der Waals surface area contributed by atoms with Gasteiger partial charge in [-0.25, -0.2) is 0 Å². The van der Waals surface area contributed by atoms with Crippen molar-refractivity contribution in [2.75, 3.05) is 0 Å². The molecule has 80 valence electrons. The first-order valence-electron chi connectivity index (χ1n) is 6.18. The minimum absolute atomic E-state index is 0.132. The Morgan fingerprint density at radius 3 is 2.86 bits per heavy atom. The van der Waals surface area contributed by atoms with Crippen molar-refractivity contribution >= 4 is 0 Å². The summed E-state index contributed by atoms with van der Waals surface area (Å²) in [6, 6.07) is 0. The van der Waals surface area contributed by atoms with E-state index in [1.54, 1.807) is 5.57 Å². The van der Waals surface area contributed by atoms with Crippen LogP contribution in [0.25, 0.3) is 0 Å². The Morgan fingerprint density at radius 1 is 1.36 bits per heavy atom. The fourth-order valence-corrected chi connectivity index (χ4v) is 3.07. The zero-order valence-corrected chi connectivity index (χ0v) is 9.21. The molecule has 3 atom stereocenters. The van der Waals surface area contributed by atoms with Crippen molar-refractivity contribution in [3.8, 4) is 0 Å². The highest BCUT2D eigenvalue weighted by atomic mass is 16.3. The number of hydrogen-bond donors (Lipinski definition) is 1. The fourth-order valence-electron chi connectivity index (χ4n) is 3.07. The second kappa shape index (κ2) is 4.48. The third-order valence-electron chi connectivity index (χ3n) is 4.02. The molecule has 0 aromatic rings. The molecule has 1 saturated carbocycles. The van der Waals surface area contributed by atoms with Gasteiger partial charge in [0.15, 0.2) is 0 Å². The second-order valence-corrected chi connectivity index (χ2v) is 4.99. The highest BCUT2D eigenvalue weighted by Crippen LogP contribution is 2.38. The van der Waals surface area contributed by atoms with E-state index < -0.39 is 0 Å².